The third-order valence-corrected chi connectivity index (χ3v) is 3.37. The first-order valence-corrected chi connectivity index (χ1v) is 6.25. The highest BCUT2D eigenvalue weighted by atomic mass is 19.1. The standard InChI is InChI=1S/C16H13F2NO/c1-9-6-11(17)2-4-13(9)16(19)15-8-10-7-12(18)3-5-14(10)20-15/h2-8,16H,19H2,1H3. The molecule has 102 valence electrons. The highest BCUT2D eigenvalue weighted by Crippen LogP contribution is 2.28. The summed E-state index contributed by atoms with van der Waals surface area (Å²) in [6.45, 7) is 1.79. The van der Waals surface area contributed by atoms with E-state index in [1.165, 1.54) is 24.3 Å². The predicted octanol–water partition coefficient (Wildman–Crippen LogP) is 4.07. The van der Waals surface area contributed by atoms with E-state index in [1.807, 2.05) is 0 Å². The van der Waals surface area contributed by atoms with Gasteiger partial charge in [0.25, 0.3) is 0 Å². The summed E-state index contributed by atoms with van der Waals surface area (Å²) in [4.78, 5) is 0. The SMILES string of the molecule is Cc1cc(F)ccc1C(N)c1cc2cc(F)ccc2o1. The second kappa shape index (κ2) is 4.72. The smallest absolute Gasteiger partial charge is 0.134 e. The zero-order valence-electron chi connectivity index (χ0n) is 10.9. The van der Waals surface area contributed by atoms with Gasteiger partial charge in [0.1, 0.15) is 23.0 Å². The molecule has 2 N–H and O–H groups in total. The van der Waals surface area contributed by atoms with Crippen LogP contribution < -0.4 is 5.73 Å². The summed E-state index contributed by atoms with van der Waals surface area (Å²) in [6, 6.07) is 9.94. The molecule has 1 aromatic heterocycles. The molecule has 2 aromatic carbocycles. The maximum absolute atomic E-state index is 13.2. The zero-order chi connectivity index (χ0) is 14.3. The average Bonchev–Trinajstić information content (AvgIpc) is 2.81. The molecular weight excluding hydrogens is 260 g/mol. The van der Waals surface area contributed by atoms with Gasteiger partial charge in [0.2, 0.25) is 0 Å². The van der Waals surface area contributed by atoms with Crippen molar-refractivity contribution in [3.05, 3.63) is 71.0 Å². The molecule has 0 spiro atoms. The lowest BCUT2D eigenvalue weighted by molar-refractivity contribution is 0.523. The van der Waals surface area contributed by atoms with Crippen LogP contribution in [0, 0.1) is 18.6 Å². The highest BCUT2D eigenvalue weighted by Gasteiger charge is 2.16. The van der Waals surface area contributed by atoms with Crippen molar-refractivity contribution in [1.29, 1.82) is 0 Å². The third kappa shape index (κ3) is 2.18. The Hall–Kier alpha value is -2.20. The van der Waals surface area contributed by atoms with Gasteiger partial charge in [-0.25, -0.2) is 8.78 Å². The summed E-state index contributed by atoms with van der Waals surface area (Å²) in [5.74, 6) is -0.0955. The summed E-state index contributed by atoms with van der Waals surface area (Å²) >= 11 is 0. The van der Waals surface area contributed by atoms with Gasteiger partial charge >= 0.3 is 0 Å². The topological polar surface area (TPSA) is 39.2 Å². The van der Waals surface area contributed by atoms with E-state index in [9.17, 15) is 8.78 Å². The molecule has 0 aliphatic rings. The molecule has 0 saturated carbocycles. The monoisotopic (exact) mass is 273 g/mol. The molecule has 0 fully saturated rings. The Morgan fingerprint density at radius 1 is 1.00 bits per heavy atom. The van der Waals surface area contributed by atoms with Gasteiger partial charge in [-0.15, -0.1) is 0 Å². The molecule has 1 atom stereocenters. The first-order chi connectivity index (χ1) is 9.54. The molecule has 0 aliphatic heterocycles. The second-order valence-electron chi connectivity index (χ2n) is 4.81. The molecule has 0 bridgehead atoms. The van der Waals surface area contributed by atoms with E-state index in [0.29, 0.717) is 16.7 Å². The second-order valence-corrected chi connectivity index (χ2v) is 4.81. The van der Waals surface area contributed by atoms with Crippen molar-refractivity contribution in [3.63, 3.8) is 0 Å². The number of benzene rings is 2. The largest absolute Gasteiger partial charge is 0.459 e. The molecular formula is C16H13F2NO. The predicted molar refractivity (Wildman–Crippen MR) is 73.3 cm³/mol. The van der Waals surface area contributed by atoms with Gasteiger partial charge in [0.15, 0.2) is 0 Å². The van der Waals surface area contributed by atoms with Gasteiger partial charge in [-0.05, 0) is 54.4 Å². The van der Waals surface area contributed by atoms with Crippen LogP contribution in [0.4, 0.5) is 8.78 Å². The molecule has 20 heavy (non-hydrogen) atoms. The van der Waals surface area contributed by atoms with E-state index in [2.05, 4.69) is 0 Å². The van der Waals surface area contributed by atoms with Crippen LogP contribution in [0.15, 0.2) is 46.9 Å². The lowest BCUT2D eigenvalue weighted by Crippen LogP contribution is -2.12. The quantitative estimate of drug-likeness (QED) is 0.764. The van der Waals surface area contributed by atoms with Crippen molar-refractivity contribution in [1.82, 2.24) is 0 Å². The zero-order valence-corrected chi connectivity index (χ0v) is 10.9. The van der Waals surface area contributed by atoms with Crippen LogP contribution >= 0.6 is 0 Å². The van der Waals surface area contributed by atoms with Crippen LogP contribution in [-0.4, -0.2) is 0 Å². The molecule has 3 aromatic rings. The lowest BCUT2D eigenvalue weighted by Gasteiger charge is -2.12. The number of halogens is 2. The molecule has 2 nitrogen and oxygen atoms in total. The lowest BCUT2D eigenvalue weighted by atomic mass is 10.00. The summed E-state index contributed by atoms with van der Waals surface area (Å²) < 4.78 is 31.9. The maximum atomic E-state index is 13.2. The Bertz CT molecular complexity index is 779. The summed E-state index contributed by atoms with van der Waals surface area (Å²) in [7, 11) is 0. The van der Waals surface area contributed by atoms with Crippen LogP contribution in [-0.2, 0) is 0 Å². The minimum absolute atomic E-state index is 0.301. The Morgan fingerprint density at radius 2 is 1.70 bits per heavy atom. The number of hydrogen-bond donors (Lipinski definition) is 1. The number of furan rings is 1. The molecule has 0 aliphatic carbocycles. The fraction of sp³-hybridized carbons (Fsp3) is 0.125. The van der Waals surface area contributed by atoms with Crippen molar-refractivity contribution in [3.8, 4) is 0 Å². The van der Waals surface area contributed by atoms with Crippen molar-refractivity contribution in [2.24, 2.45) is 5.73 Å². The molecule has 4 heteroatoms. The maximum Gasteiger partial charge on any atom is 0.134 e. The van der Waals surface area contributed by atoms with E-state index in [0.717, 1.165) is 11.1 Å². The minimum atomic E-state index is -0.508. The third-order valence-electron chi connectivity index (χ3n) is 3.37. The van der Waals surface area contributed by atoms with Crippen molar-refractivity contribution in [2.45, 2.75) is 13.0 Å². The molecule has 3 rings (SSSR count). The Kier molecular flexibility index (Phi) is 3.03. The molecule has 1 unspecified atom stereocenters. The molecule has 0 amide bonds. The van der Waals surface area contributed by atoms with Gasteiger partial charge in [0.05, 0.1) is 6.04 Å². The number of nitrogens with two attached hydrogens (primary N) is 1. The van der Waals surface area contributed by atoms with Crippen LogP contribution in [0.5, 0.6) is 0 Å². The van der Waals surface area contributed by atoms with Gasteiger partial charge in [-0.1, -0.05) is 6.07 Å². The summed E-state index contributed by atoms with van der Waals surface area (Å²) in [5, 5.41) is 0.662. The highest BCUT2D eigenvalue weighted by molar-refractivity contribution is 5.78. The van der Waals surface area contributed by atoms with Crippen LogP contribution in [0.25, 0.3) is 11.0 Å². The normalized spacial score (nSPS) is 12.8. The number of aryl methyl sites for hydroxylation is 1. The van der Waals surface area contributed by atoms with Crippen LogP contribution in [0.1, 0.15) is 22.9 Å². The Balaban J connectivity index is 2.05. The fourth-order valence-electron chi connectivity index (χ4n) is 2.33. The number of fused-ring (bicyclic) bond motifs is 1. The number of rotatable bonds is 2. The van der Waals surface area contributed by atoms with Crippen molar-refractivity contribution < 1.29 is 13.2 Å². The molecule has 1 heterocycles. The molecule has 0 radical (unpaired) electrons. The van der Waals surface area contributed by atoms with E-state index < -0.39 is 6.04 Å². The van der Waals surface area contributed by atoms with Gasteiger partial charge < -0.3 is 10.2 Å². The fourth-order valence-corrected chi connectivity index (χ4v) is 2.33. The first kappa shape index (κ1) is 12.8. The first-order valence-electron chi connectivity index (χ1n) is 6.25. The molecule has 0 saturated heterocycles. The van der Waals surface area contributed by atoms with Gasteiger partial charge in [0, 0.05) is 5.39 Å². The summed E-state index contributed by atoms with van der Waals surface area (Å²) in [5.41, 5.74) is 8.28. The minimum Gasteiger partial charge on any atom is -0.459 e. The Morgan fingerprint density at radius 3 is 2.45 bits per heavy atom. The Labute approximate surface area is 114 Å². The average molecular weight is 273 g/mol. The van der Waals surface area contributed by atoms with Crippen LogP contribution in [0.3, 0.4) is 0 Å². The van der Waals surface area contributed by atoms with Crippen molar-refractivity contribution in [2.75, 3.05) is 0 Å². The van der Waals surface area contributed by atoms with E-state index in [4.69, 9.17) is 10.2 Å². The van der Waals surface area contributed by atoms with Gasteiger partial charge in [-0.2, -0.15) is 0 Å². The van der Waals surface area contributed by atoms with Crippen molar-refractivity contribution >= 4 is 11.0 Å². The van der Waals surface area contributed by atoms with E-state index in [1.54, 1.807) is 25.1 Å². The van der Waals surface area contributed by atoms with E-state index >= 15 is 0 Å². The summed E-state index contributed by atoms with van der Waals surface area (Å²) in [6.07, 6.45) is 0. The van der Waals surface area contributed by atoms with Gasteiger partial charge in [-0.3, -0.25) is 0 Å². The number of hydrogen-bond acceptors (Lipinski definition) is 2. The van der Waals surface area contributed by atoms with Crippen LogP contribution in [0.2, 0.25) is 0 Å². The van der Waals surface area contributed by atoms with E-state index in [-0.39, 0.29) is 11.6 Å².